The maximum atomic E-state index is 4.42. The number of thioether (sulfide) groups is 1. The highest BCUT2D eigenvalue weighted by Crippen LogP contribution is 2.21. The van der Waals surface area contributed by atoms with Crippen molar-refractivity contribution in [2.45, 2.75) is 43.9 Å². The highest BCUT2D eigenvalue weighted by molar-refractivity contribution is 8.01. The second-order valence-corrected chi connectivity index (χ2v) is 6.11. The van der Waals surface area contributed by atoms with Crippen molar-refractivity contribution in [3.8, 4) is 0 Å². The van der Waals surface area contributed by atoms with E-state index in [0.717, 1.165) is 24.5 Å². The zero-order valence-corrected chi connectivity index (χ0v) is 11.9. The minimum absolute atomic E-state index is 1.09. The molecule has 0 saturated carbocycles. The average molecular weight is 258 g/mol. The molecule has 92 valence electrons. The number of aryl methyl sites for hydroxylation is 1. The van der Waals surface area contributed by atoms with Crippen molar-refractivity contribution in [2.24, 2.45) is 0 Å². The summed E-state index contributed by atoms with van der Waals surface area (Å²) in [6, 6.07) is 0. The molecule has 1 aromatic heterocycles. The Morgan fingerprint density at radius 3 is 2.88 bits per heavy atom. The molecule has 4 heteroatoms. The maximum Gasteiger partial charge on any atom is 0.150 e. The van der Waals surface area contributed by atoms with Crippen LogP contribution in [0.3, 0.4) is 0 Å². The van der Waals surface area contributed by atoms with Crippen molar-refractivity contribution in [1.82, 2.24) is 10.3 Å². The third-order valence-electron chi connectivity index (χ3n) is 2.31. The molecule has 0 amide bonds. The van der Waals surface area contributed by atoms with Gasteiger partial charge in [-0.3, -0.25) is 0 Å². The predicted octanol–water partition coefficient (Wildman–Crippen LogP) is 3.71. The predicted molar refractivity (Wildman–Crippen MR) is 74.6 cm³/mol. The Kier molecular flexibility index (Phi) is 7.89. The van der Waals surface area contributed by atoms with Gasteiger partial charge in [-0.25, -0.2) is 4.98 Å². The molecule has 0 aliphatic carbocycles. The van der Waals surface area contributed by atoms with E-state index in [1.807, 2.05) is 18.7 Å². The summed E-state index contributed by atoms with van der Waals surface area (Å²) in [5, 5.41) is 5.59. The van der Waals surface area contributed by atoms with Gasteiger partial charge in [0, 0.05) is 23.4 Å². The van der Waals surface area contributed by atoms with Gasteiger partial charge in [0.05, 0.1) is 0 Å². The van der Waals surface area contributed by atoms with Crippen LogP contribution in [0.5, 0.6) is 0 Å². The Morgan fingerprint density at radius 2 is 2.19 bits per heavy atom. The van der Waals surface area contributed by atoms with E-state index in [1.54, 1.807) is 11.3 Å². The van der Waals surface area contributed by atoms with Gasteiger partial charge < -0.3 is 5.32 Å². The Balaban J connectivity index is 1.88. The van der Waals surface area contributed by atoms with Crippen molar-refractivity contribution in [1.29, 1.82) is 0 Å². The summed E-state index contributed by atoms with van der Waals surface area (Å²) < 4.78 is 1.20. The molecule has 16 heavy (non-hydrogen) atoms. The van der Waals surface area contributed by atoms with E-state index in [2.05, 4.69) is 22.6 Å². The molecule has 0 aliphatic rings. The first-order valence-corrected chi connectivity index (χ1v) is 7.95. The van der Waals surface area contributed by atoms with Gasteiger partial charge in [-0.2, -0.15) is 0 Å². The first-order valence-electron chi connectivity index (χ1n) is 6.08. The molecular weight excluding hydrogens is 236 g/mol. The van der Waals surface area contributed by atoms with Gasteiger partial charge in [-0.1, -0.05) is 37.9 Å². The minimum Gasteiger partial charge on any atom is -0.316 e. The summed E-state index contributed by atoms with van der Waals surface area (Å²) in [5.74, 6) is 1.13. The number of thiazole rings is 1. The fourth-order valence-electron chi connectivity index (χ4n) is 1.41. The topological polar surface area (TPSA) is 24.9 Å². The van der Waals surface area contributed by atoms with Crippen LogP contribution in [0.15, 0.2) is 9.72 Å². The molecule has 2 nitrogen and oxygen atoms in total. The van der Waals surface area contributed by atoms with E-state index in [-0.39, 0.29) is 0 Å². The number of nitrogens with zero attached hydrogens (tertiary/aromatic N) is 1. The van der Waals surface area contributed by atoms with E-state index >= 15 is 0 Å². The smallest absolute Gasteiger partial charge is 0.150 e. The molecule has 0 unspecified atom stereocenters. The van der Waals surface area contributed by atoms with Gasteiger partial charge in [0.2, 0.25) is 0 Å². The standard InChI is InChI=1S/C12H22N2S2/c1-3-4-5-6-7-13-8-9-15-12-14-11(2)10-16-12/h10,13H,3-9H2,1-2H3. The molecule has 1 N–H and O–H groups in total. The van der Waals surface area contributed by atoms with Gasteiger partial charge in [0.25, 0.3) is 0 Å². The van der Waals surface area contributed by atoms with Gasteiger partial charge in [-0.05, 0) is 19.9 Å². The molecule has 0 saturated heterocycles. The molecule has 1 rings (SSSR count). The van der Waals surface area contributed by atoms with E-state index in [4.69, 9.17) is 0 Å². The summed E-state index contributed by atoms with van der Waals surface area (Å²) in [7, 11) is 0. The first-order chi connectivity index (χ1) is 7.83. The number of hydrogen-bond acceptors (Lipinski definition) is 4. The fourth-order valence-corrected chi connectivity index (χ4v) is 3.23. The largest absolute Gasteiger partial charge is 0.316 e. The second kappa shape index (κ2) is 9.02. The number of nitrogens with one attached hydrogen (secondary N) is 1. The van der Waals surface area contributed by atoms with E-state index in [0.29, 0.717) is 0 Å². The molecule has 1 heterocycles. The molecular formula is C12H22N2S2. The van der Waals surface area contributed by atoms with E-state index < -0.39 is 0 Å². The van der Waals surface area contributed by atoms with Gasteiger partial charge in [-0.15, -0.1) is 11.3 Å². The van der Waals surface area contributed by atoms with Crippen molar-refractivity contribution >= 4 is 23.1 Å². The summed E-state index contributed by atoms with van der Waals surface area (Å²) in [6.07, 6.45) is 5.37. The number of aromatic nitrogens is 1. The maximum absolute atomic E-state index is 4.42. The summed E-state index contributed by atoms with van der Waals surface area (Å²) >= 11 is 3.60. The molecule has 0 radical (unpaired) electrons. The normalized spacial score (nSPS) is 10.9. The number of unbranched alkanes of at least 4 members (excludes halogenated alkanes) is 3. The number of hydrogen-bond donors (Lipinski definition) is 1. The van der Waals surface area contributed by atoms with Crippen LogP contribution >= 0.6 is 23.1 Å². The second-order valence-electron chi connectivity index (χ2n) is 3.91. The van der Waals surface area contributed by atoms with Crippen LogP contribution in [-0.4, -0.2) is 23.8 Å². The van der Waals surface area contributed by atoms with Crippen molar-refractivity contribution in [3.05, 3.63) is 11.1 Å². The minimum atomic E-state index is 1.09. The van der Waals surface area contributed by atoms with Crippen LogP contribution in [0.4, 0.5) is 0 Å². The Morgan fingerprint density at radius 1 is 1.31 bits per heavy atom. The van der Waals surface area contributed by atoms with Crippen molar-refractivity contribution in [3.63, 3.8) is 0 Å². The average Bonchev–Trinajstić information content (AvgIpc) is 2.68. The first kappa shape index (κ1) is 14.0. The van der Waals surface area contributed by atoms with Crippen LogP contribution in [-0.2, 0) is 0 Å². The van der Waals surface area contributed by atoms with Crippen LogP contribution < -0.4 is 5.32 Å². The highest BCUT2D eigenvalue weighted by atomic mass is 32.2. The monoisotopic (exact) mass is 258 g/mol. The van der Waals surface area contributed by atoms with Gasteiger partial charge >= 0.3 is 0 Å². The van der Waals surface area contributed by atoms with Crippen LogP contribution in [0, 0.1) is 6.92 Å². The zero-order chi connectivity index (χ0) is 11.6. The fraction of sp³-hybridized carbons (Fsp3) is 0.750. The lowest BCUT2D eigenvalue weighted by Crippen LogP contribution is -2.18. The molecule has 0 fully saturated rings. The Labute approximate surface area is 107 Å². The molecule has 1 aromatic rings. The zero-order valence-electron chi connectivity index (χ0n) is 10.3. The Hall–Kier alpha value is -0.0600. The van der Waals surface area contributed by atoms with Gasteiger partial charge in [0.15, 0.2) is 0 Å². The lowest BCUT2D eigenvalue weighted by Gasteiger charge is -2.02. The summed E-state index contributed by atoms with van der Waals surface area (Å²) in [5.41, 5.74) is 1.14. The van der Waals surface area contributed by atoms with Gasteiger partial charge in [0.1, 0.15) is 4.34 Å². The molecule has 0 aliphatic heterocycles. The van der Waals surface area contributed by atoms with Crippen molar-refractivity contribution in [2.75, 3.05) is 18.8 Å². The third kappa shape index (κ3) is 6.51. The summed E-state index contributed by atoms with van der Waals surface area (Å²) in [6.45, 7) is 6.56. The summed E-state index contributed by atoms with van der Waals surface area (Å²) in [4.78, 5) is 4.42. The quantitative estimate of drug-likeness (QED) is 0.540. The van der Waals surface area contributed by atoms with Crippen LogP contribution in [0.2, 0.25) is 0 Å². The Bertz CT molecular complexity index is 274. The lowest BCUT2D eigenvalue weighted by molar-refractivity contribution is 0.613. The van der Waals surface area contributed by atoms with Crippen LogP contribution in [0.1, 0.15) is 38.3 Å². The molecule has 0 atom stereocenters. The molecule has 0 bridgehead atoms. The van der Waals surface area contributed by atoms with Crippen molar-refractivity contribution < 1.29 is 0 Å². The lowest BCUT2D eigenvalue weighted by atomic mass is 10.2. The highest BCUT2D eigenvalue weighted by Gasteiger charge is 1.98. The third-order valence-corrected chi connectivity index (χ3v) is 4.45. The van der Waals surface area contributed by atoms with E-state index in [1.165, 1.54) is 30.0 Å². The SMILES string of the molecule is CCCCCCNCCSc1nc(C)cs1. The number of rotatable bonds is 9. The van der Waals surface area contributed by atoms with E-state index in [9.17, 15) is 0 Å². The molecule has 0 aromatic carbocycles. The van der Waals surface area contributed by atoms with Crippen LogP contribution in [0.25, 0.3) is 0 Å². The molecule has 0 spiro atoms.